The molecule has 1 aliphatic rings. The maximum absolute atomic E-state index is 13.4. The van der Waals surface area contributed by atoms with E-state index >= 15 is 0 Å². The third-order valence-electron chi connectivity index (χ3n) is 3.05. The summed E-state index contributed by atoms with van der Waals surface area (Å²) in [5.41, 5.74) is -0.494. The summed E-state index contributed by atoms with van der Waals surface area (Å²) < 4.78 is 26.0. The molecule has 5 heteroatoms. The van der Waals surface area contributed by atoms with Gasteiger partial charge >= 0.3 is 0 Å². The first kappa shape index (κ1) is 11.3. The van der Waals surface area contributed by atoms with Crippen LogP contribution < -0.4 is 5.32 Å². The molecule has 1 aromatic rings. The predicted molar refractivity (Wildman–Crippen MR) is 56.1 cm³/mol. The zero-order valence-electron chi connectivity index (χ0n) is 8.84. The highest BCUT2D eigenvalue weighted by Gasteiger charge is 2.34. The normalized spacial score (nSPS) is 18.7. The van der Waals surface area contributed by atoms with Gasteiger partial charge in [0.2, 0.25) is 0 Å². The number of anilines is 1. The Kier molecular flexibility index (Phi) is 3.05. The Balaban J connectivity index is 2.19. The van der Waals surface area contributed by atoms with Gasteiger partial charge in [-0.2, -0.15) is 0 Å². The first-order chi connectivity index (χ1) is 7.65. The van der Waals surface area contributed by atoms with Crippen molar-refractivity contribution in [1.29, 1.82) is 0 Å². The molecule has 1 fully saturated rings. The molecule has 1 saturated carbocycles. The first-order valence-electron chi connectivity index (χ1n) is 5.35. The van der Waals surface area contributed by atoms with Gasteiger partial charge in [-0.15, -0.1) is 0 Å². The van der Waals surface area contributed by atoms with Crippen molar-refractivity contribution in [2.75, 3.05) is 11.9 Å². The molecule has 1 aliphatic carbocycles. The number of pyridine rings is 1. The number of rotatable bonds is 3. The smallest absolute Gasteiger partial charge is 0.168 e. The Morgan fingerprint density at radius 1 is 1.38 bits per heavy atom. The maximum atomic E-state index is 13.4. The molecule has 0 unspecified atom stereocenters. The Morgan fingerprint density at radius 3 is 2.62 bits per heavy atom. The second-order valence-electron chi connectivity index (χ2n) is 4.25. The molecular weight excluding hydrogens is 214 g/mol. The molecular formula is C11H14F2N2O. The molecule has 1 aromatic heterocycles. The van der Waals surface area contributed by atoms with Crippen molar-refractivity contribution in [3.63, 3.8) is 0 Å². The van der Waals surface area contributed by atoms with Gasteiger partial charge in [0, 0.05) is 6.07 Å². The SMILES string of the molecule is OCC1(Nc2ncc(F)cc2F)CCCC1. The van der Waals surface area contributed by atoms with Crippen molar-refractivity contribution in [2.45, 2.75) is 31.2 Å². The van der Waals surface area contributed by atoms with E-state index in [1.54, 1.807) is 0 Å². The predicted octanol–water partition coefficient (Wildman–Crippen LogP) is 2.08. The monoisotopic (exact) mass is 228 g/mol. The van der Waals surface area contributed by atoms with Crippen molar-refractivity contribution >= 4 is 5.82 Å². The number of nitrogens with zero attached hydrogens (tertiary/aromatic N) is 1. The van der Waals surface area contributed by atoms with E-state index in [2.05, 4.69) is 10.3 Å². The third kappa shape index (κ3) is 2.14. The number of aliphatic hydroxyl groups is 1. The molecule has 3 nitrogen and oxygen atoms in total. The van der Waals surface area contributed by atoms with E-state index in [0.29, 0.717) is 0 Å². The number of hydrogen-bond acceptors (Lipinski definition) is 3. The van der Waals surface area contributed by atoms with Crippen LogP contribution in [-0.2, 0) is 0 Å². The molecule has 0 bridgehead atoms. The van der Waals surface area contributed by atoms with E-state index in [-0.39, 0.29) is 12.4 Å². The molecule has 2 N–H and O–H groups in total. The molecule has 0 radical (unpaired) electrons. The summed E-state index contributed by atoms with van der Waals surface area (Å²) >= 11 is 0. The lowest BCUT2D eigenvalue weighted by Gasteiger charge is -2.28. The zero-order chi connectivity index (χ0) is 11.6. The van der Waals surface area contributed by atoms with Crippen LogP contribution in [-0.4, -0.2) is 22.2 Å². The molecule has 0 aliphatic heterocycles. The minimum Gasteiger partial charge on any atom is -0.394 e. The van der Waals surface area contributed by atoms with Gasteiger partial charge < -0.3 is 10.4 Å². The fraction of sp³-hybridized carbons (Fsp3) is 0.545. The number of aromatic nitrogens is 1. The van der Waals surface area contributed by atoms with Crippen LogP contribution in [0.5, 0.6) is 0 Å². The van der Waals surface area contributed by atoms with Gasteiger partial charge in [-0.3, -0.25) is 0 Å². The van der Waals surface area contributed by atoms with E-state index in [9.17, 15) is 13.9 Å². The molecule has 0 saturated heterocycles. The lowest BCUT2D eigenvalue weighted by Crippen LogP contribution is -2.39. The van der Waals surface area contributed by atoms with Crippen LogP contribution in [0.25, 0.3) is 0 Å². The van der Waals surface area contributed by atoms with Crippen LogP contribution in [0.1, 0.15) is 25.7 Å². The first-order valence-corrected chi connectivity index (χ1v) is 5.35. The summed E-state index contributed by atoms with van der Waals surface area (Å²) in [4.78, 5) is 3.66. The topological polar surface area (TPSA) is 45.1 Å². The van der Waals surface area contributed by atoms with Crippen LogP contribution >= 0.6 is 0 Å². The number of hydrogen-bond donors (Lipinski definition) is 2. The summed E-state index contributed by atoms with van der Waals surface area (Å²) in [5.74, 6) is -1.41. The van der Waals surface area contributed by atoms with E-state index in [1.165, 1.54) is 0 Å². The van der Waals surface area contributed by atoms with E-state index in [4.69, 9.17) is 0 Å². The van der Waals surface area contributed by atoms with E-state index in [0.717, 1.165) is 37.9 Å². The largest absolute Gasteiger partial charge is 0.394 e. The maximum Gasteiger partial charge on any atom is 0.168 e. The summed E-state index contributed by atoms with van der Waals surface area (Å²) in [6.45, 7) is -0.0640. The minimum absolute atomic E-state index is 0.0114. The minimum atomic E-state index is -0.722. The van der Waals surface area contributed by atoms with Gasteiger partial charge in [0.25, 0.3) is 0 Å². The van der Waals surface area contributed by atoms with Gasteiger partial charge in [-0.05, 0) is 12.8 Å². The van der Waals surface area contributed by atoms with Crippen LogP contribution in [0.3, 0.4) is 0 Å². The van der Waals surface area contributed by atoms with Gasteiger partial charge in [-0.1, -0.05) is 12.8 Å². The highest BCUT2D eigenvalue weighted by Crippen LogP contribution is 2.32. The van der Waals surface area contributed by atoms with E-state index in [1.807, 2.05) is 0 Å². The van der Waals surface area contributed by atoms with Crippen LogP contribution in [0.2, 0.25) is 0 Å². The van der Waals surface area contributed by atoms with Crippen LogP contribution in [0.15, 0.2) is 12.3 Å². The van der Waals surface area contributed by atoms with Crippen LogP contribution in [0.4, 0.5) is 14.6 Å². The van der Waals surface area contributed by atoms with E-state index < -0.39 is 17.2 Å². The zero-order valence-corrected chi connectivity index (χ0v) is 8.84. The molecule has 0 spiro atoms. The standard InChI is InChI=1S/C11H14F2N2O/c12-8-5-9(13)10(14-6-8)15-11(7-16)3-1-2-4-11/h5-6,16H,1-4,7H2,(H,14,15). The average molecular weight is 228 g/mol. The Hall–Kier alpha value is -1.23. The van der Waals surface area contributed by atoms with Crippen molar-refractivity contribution in [3.8, 4) is 0 Å². The van der Waals surface area contributed by atoms with Gasteiger partial charge in [-0.25, -0.2) is 13.8 Å². The Bertz CT molecular complexity index is 378. The summed E-state index contributed by atoms with van der Waals surface area (Å²) in [5, 5.41) is 12.2. The molecule has 0 atom stereocenters. The van der Waals surface area contributed by atoms with Crippen molar-refractivity contribution in [2.24, 2.45) is 0 Å². The quantitative estimate of drug-likeness (QED) is 0.832. The molecule has 0 amide bonds. The molecule has 2 rings (SSSR count). The fourth-order valence-corrected chi connectivity index (χ4v) is 2.13. The second-order valence-corrected chi connectivity index (χ2v) is 4.25. The highest BCUT2D eigenvalue weighted by atomic mass is 19.1. The molecule has 1 heterocycles. The Morgan fingerprint density at radius 2 is 2.06 bits per heavy atom. The summed E-state index contributed by atoms with van der Waals surface area (Å²) in [7, 11) is 0. The summed E-state index contributed by atoms with van der Waals surface area (Å²) in [6, 6.07) is 0.787. The third-order valence-corrected chi connectivity index (χ3v) is 3.05. The van der Waals surface area contributed by atoms with Crippen molar-refractivity contribution < 1.29 is 13.9 Å². The molecule has 88 valence electrons. The number of halogens is 2. The number of aliphatic hydroxyl groups excluding tert-OH is 1. The lowest BCUT2D eigenvalue weighted by atomic mass is 9.99. The Labute approximate surface area is 92.5 Å². The van der Waals surface area contributed by atoms with Gasteiger partial charge in [0.15, 0.2) is 11.6 Å². The van der Waals surface area contributed by atoms with Crippen LogP contribution in [0, 0.1) is 11.6 Å². The second kappa shape index (κ2) is 4.33. The van der Waals surface area contributed by atoms with Crippen molar-refractivity contribution in [3.05, 3.63) is 23.9 Å². The average Bonchev–Trinajstić information content (AvgIpc) is 2.72. The molecule has 16 heavy (non-hydrogen) atoms. The number of nitrogens with one attached hydrogen (secondary N) is 1. The van der Waals surface area contributed by atoms with Gasteiger partial charge in [0.05, 0.1) is 18.3 Å². The molecule has 0 aromatic carbocycles. The van der Waals surface area contributed by atoms with Crippen molar-refractivity contribution in [1.82, 2.24) is 4.98 Å². The summed E-state index contributed by atoms with van der Waals surface area (Å²) in [6.07, 6.45) is 4.52. The lowest BCUT2D eigenvalue weighted by molar-refractivity contribution is 0.213. The fourth-order valence-electron chi connectivity index (χ4n) is 2.13. The highest BCUT2D eigenvalue weighted by molar-refractivity contribution is 5.39. The van der Waals surface area contributed by atoms with Gasteiger partial charge in [0.1, 0.15) is 5.82 Å².